The van der Waals surface area contributed by atoms with Crippen molar-refractivity contribution in [3.8, 4) is 22.5 Å². The van der Waals surface area contributed by atoms with Gasteiger partial charge < -0.3 is 5.32 Å². The van der Waals surface area contributed by atoms with Crippen molar-refractivity contribution in [3.05, 3.63) is 70.1 Å². The van der Waals surface area contributed by atoms with Crippen LogP contribution in [0.1, 0.15) is 69.8 Å². The molecular weight excluding hydrogens is 438 g/mol. The zero-order valence-corrected chi connectivity index (χ0v) is 20.7. The summed E-state index contributed by atoms with van der Waals surface area (Å²) in [5.41, 5.74) is 6.28. The largest absolute Gasteiger partial charge is 0.375 e. The third-order valence-corrected chi connectivity index (χ3v) is 7.09. The molecule has 0 radical (unpaired) electrons. The summed E-state index contributed by atoms with van der Waals surface area (Å²) in [5, 5.41) is 17.8. The molecule has 0 saturated heterocycles. The average molecular weight is 472 g/mol. The summed E-state index contributed by atoms with van der Waals surface area (Å²) in [6.45, 7) is 7.19. The molecule has 3 heterocycles. The Balaban J connectivity index is 1.40. The number of nitrogens with one attached hydrogen (secondary N) is 2. The van der Waals surface area contributed by atoms with Crippen LogP contribution in [0.15, 0.2) is 53.3 Å². The van der Waals surface area contributed by atoms with Crippen LogP contribution in [0.5, 0.6) is 0 Å². The maximum Gasteiger partial charge on any atom is 0.290 e. The number of H-pyrrole nitrogens is 1. The molecule has 35 heavy (non-hydrogen) atoms. The van der Waals surface area contributed by atoms with E-state index in [-0.39, 0.29) is 11.6 Å². The van der Waals surface area contributed by atoms with Gasteiger partial charge in [0.2, 0.25) is 0 Å². The van der Waals surface area contributed by atoms with E-state index in [2.05, 4.69) is 81.7 Å². The minimum atomic E-state index is 0.112. The summed E-state index contributed by atoms with van der Waals surface area (Å²) in [5.74, 6) is 0.646. The molecule has 2 N–H and O–H groups in total. The van der Waals surface area contributed by atoms with Crippen molar-refractivity contribution < 1.29 is 0 Å². The molecule has 1 aliphatic rings. The SMILES string of the molecule is CCCCc1c(NCc2ccc(-c3ccccc3-c3nnn[nH]3)cc2)c(=O)n2n1C(C)CCC2C. The molecule has 2 aromatic heterocycles. The van der Waals surface area contributed by atoms with Crippen molar-refractivity contribution >= 4 is 5.69 Å². The molecule has 8 heteroatoms. The molecule has 8 nitrogen and oxygen atoms in total. The molecular formula is C27H33N7O. The number of aromatic nitrogens is 6. The van der Waals surface area contributed by atoms with E-state index in [1.54, 1.807) is 0 Å². The first-order valence-electron chi connectivity index (χ1n) is 12.6. The van der Waals surface area contributed by atoms with Crippen LogP contribution in [0, 0.1) is 0 Å². The highest BCUT2D eigenvalue weighted by molar-refractivity contribution is 5.80. The summed E-state index contributed by atoms with van der Waals surface area (Å²) in [4.78, 5) is 13.4. The van der Waals surface area contributed by atoms with Crippen LogP contribution in [-0.2, 0) is 13.0 Å². The second-order valence-electron chi connectivity index (χ2n) is 9.54. The molecule has 2 atom stereocenters. The molecule has 0 aliphatic carbocycles. The Morgan fingerprint density at radius 2 is 1.71 bits per heavy atom. The van der Waals surface area contributed by atoms with Crippen molar-refractivity contribution in [1.29, 1.82) is 0 Å². The van der Waals surface area contributed by atoms with Gasteiger partial charge in [0.05, 0.1) is 11.7 Å². The number of rotatable bonds is 8. The van der Waals surface area contributed by atoms with Gasteiger partial charge in [-0.1, -0.05) is 61.9 Å². The van der Waals surface area contributed by atoms with Crippen LogP contribution < -0.4 is 10.9 Å². The minimum absolute atomic E-state index is 0.112. The van der Waals surface area contributed by atoms with Gasteiger partial charge in [-0.15, -0.1) is 5.10 Å². The highest BCUT2D eigenvalue weighted by atomic mass is 16.1. The van der Waals surface area contributed by atoms with Crippen LogP contribution in [0.3, 0.4) is 0 Å². The quantitative estimate of drug-likeness (QED) is 0.360. The lowest BCUT2D eigenvalue weighted by Gasteiger charge is -2.30. The van der Waals surface area contributed by atoms with Gasteiger partial charge in [0.25, 0.3) is 5.56 Å². The van der Waals surface area contributed by atoms with Gasteiger partial charge in [-0.3, -0.25) is 9.48 Å². The van der Waals surface area contributed by atoms with Gasteiger partial charge in [-0.05, 0) is 66.6 Å². The Labute approximate surface area is 205 Å². The van der Waals surface area contributed by atoms with Crippen LogP contribution in [0.25, 0.3) is 22.5 Å². The number of hydrogen-bond donors (Lipinski definition) is 2. The summed E-state index contributed by atoms with van der Waals surface area (Å²) in [7, 11) is 0. The number of benzene rings is 2. The smallest absolute Gasteiger partial charge is 0.290 e. The fourth-order valence-corrected chi connectivity index (χ4v) is 5.17. The molecule has 5 rings (SSSR count). The minimum Gasteiger partial charge on any atom is -0.375 e. The van der Waals surface area contributed by atoms with E-state index in [4.69, 9.17) is 0 Å². The third kappa shape index (κ3) is 4.40. The normalized spacial score (nSPS) is 17.3. The number of unbranched alkanes of at least 4 members (excludes halogenated alkanes) is 1. The number of fused-ring (bicyclic) bond motifs is 1. The van der Waals surface area contributed by atoms with E-state index < -0.39 is 0 Å². The zero-order chi connectivity index (χ0) is 24.4. The lowest BCUT2D eigenvalue weighted by atomic mass is 9.98. The van der Waals surface area contributed by atoms with E-state index in [0.29, 0.717) is 18.4 Å². The van der Waals surface area contributed by atoms with E-state index in [9.17, 15) is 4.79 Å². The maximum absolute atomic E-state index is 13.4. The molecule has 0 saturated carbocycles. The van der Waals surface area contributed by atoms with Crippen LogP contribution >= 0.6 is 0 Å². The number of tetrazole rings is 1. The van der Waals surface area contributed by atoms with Gasteiger partial charge in [0.1, 0.15) is 5.69 Å². The standard InChI is InChI=1S/C27H33N7O/c1-4-5-10-24-25(27(35)34-19(3)12-11-18(2)33(24)34)28-17-20-13-15-21(16-14-20)22-8-6-7-9-23(22)26-29-31-32-30-26/h6-9,13-16,18-19,28H,4-5,10-12,17H2,1-3H3,(H,29,30,31,32). The van der Waals surface area contributed by atoms with Crippen molar-refractivity contribution in [2.75, 3.05) is 5.32 Å². The predicted octanol–water partition coefficient (Wildman–Crippen LogP) is 5.37. The number of nitrogens with zero attached hydrogens (tertiary/aromatic N) is 5. The zero-order valence-electron chi connectivity index (χ0n) is 20.7. The molecule has 2 unspecified atom stereocenters. The number of aromatic amines is 1. The first-order valence-corrected chi connectivity index (χ1v) is 12.6. The maximum atomic E-state index is 13.4. The Kier molecular flexibility index (Phi) is 6.53. The molecule has 2 aromatic carbocycles. The van der Waals surface area contributed by atoms with Gasteiger partial charge >= 0.3 is 0 Å². The fourth-order valence-electron chi connectivity index (χ4n) is 5.17. The van der Waals surface area contributed by atoms with Gasteiger partial charge in [0, 0.05) is 18.2 Å². The lowest BCUT2D eigenvalue weighted by Crippen LogP contribution is -2.33. The van der Waals surface area contributed by atoms with E-state index in [1.165, 1.54) is 0 Å². The Hall–Kier alpha value is -3.68. The number of anilines is 1. The average Bonchev–Trinajstić information content (AvgIpc) is 3.51. The molecule has 0 amide bonds. The van der Waals surface area contributed by atoms with Gasteiger partial charge in [-0.25, -0.2) is 9.78 Å². The first-order chi connectivity index (χ1) is 17.1. The number of hydrogen-bond acceptors (Lipinski definition) is 5. The second kappa shape index (κ2) is 9.90. The highest BCUT2D eigenvalue weighted by Crippen LogP contribution is 2.32. The van der Waals surface area contributed by atoms with Gasteiger partial charge in [0.15, 0.2) is 5.82 Å². The topological polar surface area (TPSA) is 93.4 Å². The Bertz CT molecular complexity index is 1340. The lowest BCUT2D eigenvalue weighted by molar-refractivity contribution is 0.240. The summed E-state index contributed by atoms with van der Waals surface area (Å²) >= 11 is 0. The van der Waals surface area contributed by atoms with E-state index in [0.717, 1.165) is 65.7 Å². The molecule has 0 spiro atoms. The van der Waals surface area contributed by atoms with Crippen molar-refractivity contribution in [3.63, 3.8) is 0 Å². The molecule has 0 fully saturated rings. The van der Waals surface area contributed by atoms with Gasteiger partial charge in [-0.2, -0.15) is 0 Å². The fraction of sp³-hybridized carbons (Fsp3) is 0.407. The highest BCUT2D eigenvalue weighted by Gasteiger charge is 2.29. The summed E-state index contributed by atoms with van der Waals surface area (Å²) in [6, 6.07) is 17.1. The summed E-state index contributed by atoms with van der Waals surface area (Å²) < 4.78 is 4.26. The first kappa shape index (κ1) is 23.1. The Morgan fingerprint density at radius 3 is 2.40 bits per heavy atom. The summed E-state index contributed by atoms with van der Waals surface area (Å²) in [6.07, 6.45) is 5.26. The molecule has 0 bridgehead atoms. The van der Waals surface area contributed by atoms with Crippen LogP contribution in [-0.4, -0.2) is 30.0 Å². The molecule has 4 aromatic rings. The monoisotopic (exact) mass is 471 g/mol. The van der Waals surface area contributed by atoms with Crippen molar-refractivity contribution in [2.45, 2.75) is 71.5 Å². The van der Waals surface area contributed by atoms with E-state index >= 15 is 0 Å². The van der Waals surface area contributed by atoms with E-state index in [1.807, 2.05) is 22.9 Å². The Morgan fingerprint density at radius 1 is 1.00 bits per heavy atom. The van der Waals surface area contributed by atoms with Crippen LogP contribution in [0.4, 0.5) is 5.69 Å². The second-order valence-corrected chi connectivity index (χ2v) is 9.54. The van der Waals surface area contributed by atoms with Crippen molar-refractivity contribution in [1.82, 2.24) is 30.0 Å². The van der Waals surface area contributed by atoms with Crippen molar-refractivity contribution in [2.24, 2.45) is 0 Å². The molecule has 182 valence electrons. The predicted molar refractivity (Wildman–Crippen MR) is 138 cm³/mol. The third-order valence-electron chi connectivity index (χ3n) is 7.09. The molecule has 1 aliphatic heterocycles. The van der Waals surface area contributed by atoms with Crippen LogP contribution in [0.2, 0.25) is 0 Å².